The van der Waals surface area contributed by atoms with Crippen molar-refractivity contribution in [2.24, 2.45) is 5.73 Å². The summed E-state index contributed by atoms with van der Waals surface area (Å²) in [7, 11) is 0. The van der Waals surface area contributed by atoms with E-state index in [4.69, 9.17) is 17.3 Å². The van der Waals surface area contributed by atoms with Gasteiger partial charge in [0.2, 0.25) is 5.95 Å². The molecule has 2 atom stereocenters. The molecule has 112 valence electrons. The molecule has 1 aromatic heterocycles. The number of hydrogen-bond donors (Lipinski definition) is 2. The molecule has 3 rings (SSSR count). The van der Waals surface area contributed by atoms with Gasteiger partial charge in [0, 0.05) is 28.7 Å². The van der Waals surface area contributed by atoms with E-state index in [0.29, 0.717) is 16.8 Å². The summed E-state index contributed by atoms with van der Waals surface area (Å²) in [6.07, 6.45) is 2.11. The molecule has 1 aliphatic heterocycles. The molecule has 0 bridgehead atoms. The van der Waals surface area contributed by atoms with E-state index in [1.54, 1.807) is 0 Å². The number of aromatic nitrogens is 3. The maximum atomic E-state index is 6.24. The van der Waals surface area contributed by atoms with E-state index in [1.807, 2.05) is 18.2 Å². The van der Waals surface area contributed by atoms with Gasteiger partial charge in [-0.25, -0.2) is 0 Å². The Kier molecular flexibility index (Phi) is 4.19. The molecule has 7 heteroatoms. The lowest BCUT2D eigenvalue weighted by atomic mass is 9.99. The van der Waals surface area contributed by atoms with Gasteiger partial charge in [0.25, 0.3) is 0 Å². The second-order valence-electron chi connectivity index (χ2n) is 5.35. The van der Waals surface area contributed by atoms with Crippen LogP contribution in [0.15, 0.2) is 22.7 Å². The van der Waals surface area contributed by atoms with E-state index < -0.39 is 0 Å². The van der Waals surface area contributed by atoms with E-state index in [1.165, 1.54) is 0 Å². The Bertz CT molecular complexity index is 644. The minimum Gasteiger partial charge on any atom is -0.335 e. The molecular formula is C14H17BrClN5. The average molecular weight is 371 g/mol. The van der Waals surface area contributed by atoms with E-state index in [9.17, 15) is 0 Å². The Hall–Kier alpha value is -1.11. The highest BCUT2D eigenvalue weighted by molar-refractivity contribution is 9.10. The molecule has 1 aliphatic rings. The molecule has 0 amide bonds. The number of halogens is 2. The fourth-order valence-corrected chi connectivity index (χ4v) is 3.20. The molecule has 1 saturated heterocycles. The first-order valence-electron chi connectivity index (χ1n) is 6.96. The predicted molar refractivity (Wildman–Crippen MR) is 88.5 cm³/mol. The number of hydrogen-bond acceptors (Lipinski definition) is 4. The number of piperidine rings is 1. The summed E-state index contributed by atoms with van der Waals surface area (Å²) < 4.78 is 0.952. The fourth-order valence-electron chi connectivity index (χ4n) is 2.64. The highest BCUT2D eigenvalue weighted by Crippen LogP contribution is 2.30. The van der Waals surface area contributed by atoms with Crippen LogP contribution in [0.2, 0.25) is 5.02 Å². The maximum absolute atomic E-state index is 6.24. The summed E-state index contributed by atoms with van der Waals surface area (Å²) in [5.41, 5.74) is 6.97. The molecule has 0 aliphatic carbocycles. The summed E-state index contributed by atoms with van der Waals surface area (Å²) in [5, 5.41) is 7.95. The molecule has 0 spiro atoms. The van der Waals surface area contributed by atoms with Gasteiger partial charge in [0.05, 0.1) is 5.02 Å². The molecule has 21 heavy (non-hydrogen) atoms. The van der Waals surface area contributed by atoms with E-state index in [0.717, 1.165) is 29.4 Å². The third-order valence-corrected chi connectivity index (χ3v) is 4.78. The van der Waals surface area contributed by atoms with Crippen LogP contribution in [0.4, 0.5) is 5.95 Å². The van der Waals surface area contributed by atoms with Crippen molar-refractivity contribution in [2.75, 3.05) is 11.4 Å². The van der Waals surface area contributed by atoms with Crippen molar-refractivity contribution in [1.82, 2.24) is 15.2 Å². The number of nitrogens with zero attached hydrogens (tertiary/aromatic N) is 3. The molecule has 2 aromatic rings. The average Bonchev–Trinajstić information content (AvgIpc) is 2.94. The van der Waals surface area contributed by atoms with Crippen LogP contribution in [-0.4, -0.2) is 33.8 Å². The number of H-pyrrole nitrogens is 1. The van der Waals surface area contributed by atoms with Gasteiger partial charge >= 0.3 is 0 Å². The third-order valence-electron chi connectivity index (χ3n) is 3.96. The fraction of sp³-hybridized carbons (Fsp3) is 0.429. The molecule has 5 nitrogen and oxygen atoms in total. The Labute approximate surface area is 137 Å². The van der Waals surface area contributed by atoms with Crippen LogP contribution in [0, 0.1) is 0 Å². The van der Waals surface area contributed by atoms with E-state index >= 15 is 0 Å². The topological polar surface area (TPSA) is 70.8 Å². The summed E-state index contributed by atoms with van der Waals surface area (Å²) in [6.45, 7) is 3.05. The molecule has 1 fully saturated rings. The van der Waals surface area contributed by atoms with Crippen molar-refractivity contribution in [3.05, 3.63) is 27.7 Å². The zero-order valence-corrected chi connectivity index (χ0v) is 14.0. The molecule has 0 saturated carbocycles. The highest BCUT2D eigenvalue weighted by atomic mass is 79.9. The van der Waals surface area contributed by atoms with Crippen molar-refractivity contribution in [3.8, 4) is 11.4 Å². The van der Waals surface area contributed by atoms with Gasteiger partial charge in [-0.1, -0.05) is 27.5 Å². The monoisotopic (exact) mass is 369 g/mol. The Morgan fingerprint density at radius 2 is 2.29 bits per heavy atom. The molecule has 2 heterocycles. The van der Waals surface area contributed by atoms with Gasteiger partial charge in [-0.05, 0) is 38.0 Å². The highest BCUT2D eigenvalue weighted by Gasteiger charge is 2.28. The molecule has 3 N–H and O–H groups in total. The van der Waals surface area contributed by atoms with Crippen LogP contribution >= 0.6 is 27.5 Å². The minimum atomic E-state index is 0.162. The molecule has 2 unspecified atom stereocenters. The smallest absolute Gasteiger partial charge is 0.245 e. The van der Waals surface area contributed by atoms with Crippen LogP contribution in [0.3, 0.4) is 0 Å². The van der Waals surface area contributed by atoms with Gasteiger partial charge in [-0.2, -0.15) is 4.98 Å². The molecule has 0 radical (unpaired) electrons. The van der Waals surface area contributed by atoms with Gasteiger partial charge < -0.3 is 10.6 Å². The lowest BCUT2D eigenvalue weighted by molar-refractivity contribution is 0.416. The number of nitrogens with one attached hydrogen (secondary N) is 1. The zero-order chi connectivity index (χ0) is 15.0. The van der Waals surface area contributed by atoms with Crippen LogP contribution in [-0.2, 0) is 0 Å². The first-order valence-corrected chi connectivity index (χ1v) is 8.13. The van der Waals surface area contributed by atoms with Crippen molar-refractivity contribution >= 4 is 33.5 Å². The number of aromatic amines is 1. The maximum Gasteiger partial charge on any atom is 0.245 e. The lowest BCUT2D eigenvalue weighted by Gasteiger charge is -2.36. The van der Waals surface area contributed by atoms with Gasteiger partial charge in [0.1, 0.15) is 0 Å². The lowest BCUT2D eigenvalue weighted by Crippen LogP contribution is -2.50. The minimum absolute atomic E-state index is 0.162. The first-order chi connectivity index (χ1) is 10.1. The number of benzene rings is 1. The quantitative estimate of drug-likeness (QED) is 0.851. The van der Waals surface area contributed by atoms with E-state index in [-0.39, 0.29) is 12.1 Å². The molecular weight excluding hydrogens is 354 g/mol. The number of nitrogens with two attached hydrogens (primary N) is 1. The summed E-state index contributed by atoms with van der Waals surface area (Å²) in [6, 6.07) is 6.06. The van der Waals surface area contributed by atoms with Crippen LogP contribution in [0.1, 0.15) is 19.8 Å². The standard InChI is InChI=1S/C14H17BrClN5/c1-8-12(17)3-2-6-21(8)14-18-13(19-20-14)10-7-9(15)4-5-11(10)16/h4-5,7-8,12H,2-3,6,17H2,1H3,(H,18,19,20). The van der Waals surface area contributed by atoms with Gasteiger partial charge in [-0.3, -0.25) is 5.10 Å². The summed E-state index contributed by atoms with van der Waals surface area (Å²) in [4.78, 5) is 6.74. The first kappa shape index (κ1) is 14.8. The molecule has 1 aromatic carbocycles. The predicted octanol–water partition coefficient (Wildman–Crippen LogP) is 3.20. The normalized spacial score (nSPS) is 22.6. The second-order valence-corrected chi connectivity index (χ2v) is 6.67. The summed E-state index contributed by atoms with van der Waals surface area (Å²) in [5.74, 6) is 1.35. The van der Waals surface area contributed by atoms with Crippen molar-refractivity contribution in [1.29, 1.82) is 0 Å². The number of rotatable bonds is 2. The Balaban J connectivity index is 1.91. The van der Waals surface area contributed by atoms with Crippen LogP contribution < -0.4 is 10.6 Å². The second kappa shape index (κ2) is 5.94. The van der Waals surface area contributed by atoms with Crippen LogP contribution in [0.5, 0.6) is 0 Å². The summed E-state index contributed by atoms with van der Waals surface area (Å²) >= 11 is 9.68. The largest absolute Gasteiger partial charge is 0.335 e. The van der Waals surface area contributed by atoms with Crippen LogP contribution in [0.25, 0.3) is 11.4 Å². The third kappa shape index (κ3) is 2.93. The van der Waals surface area contributed by atoms with Crippen molar-refractivity contribution < 1.29 is 0 Å². The van der Waals surface area contributed by atoms with Crippen molar-refractivity contribution in [2.45, 2.75) is 31.8 Å². The SMILES string of the molecule is CC1C(N)CCCN1c1n[nH]c(-c2cc(Br)ccc2Cl)n1. The van der Waals surface area contributed by atoms with E-state index in [2.05, 4.69) is 42.9 Å². The van der Waals surface area contributed by atoms with Gasteiger partial charge in [-0.15, -0.1) is 5.10 Å². The zero-order valence-electron chi connectivity index (χ0n) is 11.7. The van der Waals surface area contributed by atoms with Gasteiger partial charge in [0.15, 0.2) is 5.82 Å². The Morgan fingerprint density at radius 1 is 1.48 bits per heavy atom. The number of anilines is 1. The Morgan fingerprint density at radius 3 is 3.10 bits per heavy atom. The van der Waals surface area contributed by atoms with Crippen molar-refractivity contribution in [3.63, 3.8) is 0 Å².